The second-order valence-electron chi connectivity index (χ2n) is 4.32. The number of aromatic nitrogens is 1. The molecule has 0 saturated heterocycles. The highest BCUT2D eigenvalue weighted by molar-refractivity contribution is 7.80. The Bertz CT molecular complexity index is 576. The van der Waals surface area contributed by atoms with E-state index in [9.17, 15) is 0 Å². The number of thiocarbonyl (C=S) groups is 1. The third kappa shape index (κ3) is 4.19. The van der Waals surface area contributed by atoms with Gasteiger partial charge >= 0.3 is 0 Å². The van der Waals surface area contributed by atoms with E-state index in [-0.39, 0.29) is 0 Å². The predicted molar refractivity (Wildman–Crippen MR) is 85.0 cm³/mol. The fourth-order valence-corrected chi connectivity index (χ4v) is 2.11. The first-order chi connectivity index (χ1) is 9.02. The number of hydrogen-bond donors (Lipinski definition) is 2. The summed E-state index contributed by atoms with van der Waals surface area (Å²) in [6, 6.07) is 9.73. The molecule has 0 fully saturated rings. The van der Waals surface area contributed by atoms with Gasteiger partial charge in [0.05, 0.1) is 5.02 Å². The van der Waals surface area contributed by atoms with Crippen LogP contribution in [-0.2, 0) is 0 Å². The van der Waals surface area contributed by atoms with Gasteiger partial charge in [0, 0.05) is 11.9 Å². The zero-order chi connectivity index (χ0) is 13.8. The van der Waals surface area contributed by atoms with Crippen LogP contribution >= 0.6 is 23.8 Å². The van der Waals surface area contributed by atoms with Crippen LogP contribution in [0.15, 0.2) is 36.5 Å². The van der Waals surface area contributed by atoms with Crippen molar-refractivity contribution in [2.45, 2.75) is 13.8 Å². The van der Waals surface area contributed by atoms with E-state index in [1.165, 1.54) is 11.1 Å². The molecule has 19 heavy (non-hydrogen) atoms. The number of benzene rings is 1. The molecule has 0 aliphatic rings. The van der Waals surface area contributed by atoms with Crippen molar-refractivity contribution in [3.8, 4) is 0 Å². The van der Waals surface area contributed by atoms with E-state index < -0.39 is 0 Å². The normalized spacial score (nSPS) is 10.1. The van der Waals surface area contributed by atoms with Gasteiger partial charge in [0.2, 0.25) is 0 Å². The van der Waals surface area contributed by atoms with Crippen LogP contribution in [0.3, 0.4) is 0 Å². The van der Waals surface area contributed by atoms with Crippen LogP contribution in [-0.4, -0.2) is 10.1 Å². The van der Waals surface area contributed by atoms with Crippen LogP contribution in [0.25, 0.3) is 0 Å². The third-order valence-electron chi connectivity index (χ3n) is 2.45. The van der Waals surface area contributed by atoms with Gasteiger partial charge in [-0.05, 0) is 61.5 Å². The van der Waals surface area contributed by atoms with Gasteiger partial charge in [0.15, 0.2) is 5.11 Å². The maximum Gasteiger partial charge on any atom is 0.176 e. The van der Waals surface area contributed by atoms with Crippen LogP contribution < -0.4 is 10.6 Å². The molecule has 2 rings (SSSR count). The maximum absolute atomic E-state index is 5.77. The van der Waals surface area contributed by atoms with E-state index >= 15 is 0 Å². The molecule has 1 aromatic carbocycles. The summed E-state index contributed by atoms with van der Waals surface area (Å²) in [6.07, 6.45) is 1.57. The van der Waals surface area contributed by atoms with Crippen LogP contribution in [0.2, 0.25) is 5.02 Å². The highest BCUT2D eigenvalue weighted by Gasteiger charge is 2.01. The van der Waals surface area contributed by atoms with Crippen molar-refractivity contribution in [2.24, 2.45) is 0 Å². The lowest BCUT2D eigenvalue weighted by atomic mass is 10.1. The summed E-state index contributed by atoms with van der Waals surface area (Å²) < 4.78 is 0. The zero-order valence-electron chi connectivity index (χ0n) is 10.7. The number of aryl methyl sites for hydroxylation is 2. The summed E-state index contributed by atoms with van der Waals surface area (Å²) >= 11 is 11.0. The molecule has 0 unspecified atom stereocenters. The van der Waals surface area contributed by atoms with E-state index in [1.54, 1.807) is 18.3 Å². The van der Waals surface area contributed by atoms with Crippen molar-refractivity contribution in [3.05, 3.63) is 52.7 Å². The molecule has 0 bridgehead atoms. The number of anilines is 2. The van der Waals surface area contributed by atoms with Crippen molar-refractivity contribution in [2.75, 3.05) is 10.6 Å². The van der Waals surface area contributed by atoms with E-state index in [0.29, 0.717) is 16.0 Å². The number of rotatable bonds is 2. The Hall–Kier alpha value is -1.65. The van der Waals surface area contributed by atoms with Gasteiger partial charge < -0.3 is 10.6 Å². The lowest BCUT2D eigenvalue weighted by Crippen LogP contribution is -2.19. The Balaban J connectivity index is 2.03. The first-order valence-corrected chi connectivity index (χ1v) is 6.59. The number of hydrogen-bond acceptors (Lipinski definition) is 2. The highest BCUT2D eigenvalue weighted by Crippen LogP contribution is 2.14. The topological polar surface area (TPSA) is 37.0 Å². The number of pyridine rings is 1. The summed E-state index contributed by atoms with van der Waals surface area (Å²) in [7, 11) is 0. The van der Waals surface area contributed by atoms with Gasteiger partial charge in [0.1, 0.15) is 5.82 Å². The van der Waals surface area contributed by atoms with Gasteiger partial charge in [-0.3, -0.25) is 0 Å². The van der Waals surface area contributed by atoms with Gasteiger partial charge in [-0.1, -0.05) is 17.7 Å². The van der Waals surface area contributed by atoms with Crippen molar-refractivity contribution < 1.29 is 0 Å². The second-order valence-corrected chi connectivity index (χ2v) is 5.16. The monoisotopic (exact) mass is 291 g/mol. The Kier molecular flexibility index (Phi) is 4.35. The van der Waals surface area contributed by atoms with Gasteiger partial charge in [-0.25, -0.2) is 4.98 Å². The molecular weight excluding hydrogens is 278 g/mol. The van der Waals surface area contributed by atoms with Crippen molar-refractivity contribution in [1.82, 2.24) is 4.98 Å². The molecule has 0 atom stereocenters. The van der Waals surface area contributed by atoms with Crippen molar-refractivity contribution in [3.63, 3.8) is 0 Å². The largest absolute Gasteiger partial charge is 0.332 e. The molecule has 1 heterocycles. The van der Waals surface area contributed by atoms with Gasteiger partial charge in [-0.15, -0.1) is 0 Å². The molecule has 0 radical (unpaired) electrons. The lowest BCUT2D eigenvalue weighted by molar-refractivity contribution is 1.32. The Morgan fingerprint density at radius 2 is 1.79 bits per heavy atom. The molecule has 0 aliphatic carbocycles. The minimum absolute atomic E-state index is 0.500. The maximum atomic E-state index is 5.77. The number of halogens is 1. The standard InChI is InChI=1S/C14H14ClN3S/c1-9-5-10(2)7-12(6-9)17-14(19)18-13-4-3-11(15)8-16-13/h3-8H,1-2H3,(H2,16,17,18,19). The molecular formula is C14H14ClN3S. The fraction of sp³-hybridized carbons (Fsp3) is 0.143. The highest BCUT2D eigenvalue weighted by atomic mass is 35.5. The summed E-state index contributed by atoms with van der Waals surface area (Å²) in [4.78, 5) is 4.12. The molecule has 0 aliphatic heterocycles. The molecule has 2 aromatic rings. The second kappa shape index (κ2) is 5.99. The van der Waals surface area contributed by atoms with Gasteiger partial charge in [0.25, 0.3) is 0 Å². The molecule has 98 valence electrons. The predicted octanol–water partition coefficient (Wildman–Crippen LogP) is 4.16. The minimum atomic E-state index is 0.500. The Morgan fingerprint density at radius 3 is 2.37 bits per heavy atom. The van der Waals surface area contributed by atoms with Crippen LogP contribution in [0.4, 0.5) is 11.5 Å². The van der Waals surface area contributed by atoms with E-state index in [4.69, 9.17) is 23.8 Å². The summed E-state index contributed by atoms with van der Waals surface area (Å²) in [6.45, 7) is 4.10. The quantitative estimate of drug-likeness (QED) is 0.815. The lowest BCUT2D eigenvalue weighted by Gasteiger charge is -2.11. The molecule has 1 aromatic heterocycles. The summed E-state index contributed by atoms with van der Waals surface area (Å²) in [5, 5.41) is 7.24. The average Bonchev–Trinajstić information content (AvgIpc) is 2.30. The Labute approximate surface area is 123 Å². The smallest absolute Gasteiger partial charge is 0.176 e. The Morgan fingerprint density at radius 1 is 1.11 bits per heavy atom. The van der Waals surface area contributed by atoms with E-state index in [2.05, 4.69) is 35.5 Å². The zero-order valence-corrected chi connectivity index (χ0v) is 12.3. The number of nitrogens with one attached hydrogen (secondary N) is 2. The minimum Gasteiger partial charge on any atom is -0.332 e. The SMILES string of the molecule is Cc1cc(C)cc(NC(=S)Nc2ccc(Cl)cn2)c1. The molecule has 0 amide bonds. The number of nitrogens with zero attached hydrogens (tertiary/aromatic N) is 1. The van der Waals surface area contributed by atoms with E-state index in [0.717, 1.165) is 5.69 Å². The summed E-state index contributed by atoms with van der Waals surface area (Å²) in [5.41, 5.74) is 3.34. The molecule has 5 heteroatoms. The third-order valence-corrected chi connectivity index (χ3v) is 2.88. The molecule has 3 nitrogen and oxygen atoms in total. The first-order valence-electron chi connectivity index (χ1n) is 5.81. The fourth-order valence-electron chi connectivity index (χ4n) is 1.78. The molecule has 0 saturated carbocycles. The summed E-state index contributed by atoms with van der Waals surface area (Å²) in [5.74, 6) is 0.659. The van der Waals surface area contributed by atoms with Crippen LogP contribution in [0.5, 0.6) is 0 Å². The van der Waals surface area contributed by atoms with Gasteiger partial charge in [-0.2, -0.15) is 0 Å². The molecule has 2 N–H and O–H groups in total. The van der Waals surface area contributed by atoms with Crippen LogP contribution in [0.1, 0.15) is 11.1 Å². The molecule has 0 spiro atoms. The van der Waals surface area contributed by atoms with Crippen LogP contribution in [0, 0.1) is 13.8 Å². The average molecular weight is 292 g/mol. The van der Waals surface area contributed by atoms with Crippen molar-refractivity contribution >= 4 is 40.4 Å². The van der Waals surface area contributed by atoms with E-state index in [1.807, 2.05) is 12.1 Å². The first kappa shape index (κ1) is 13.8. The van der Waals surface area contributed by atoms with Crippen molar-refractivity contribution in [1.29, 1.82) is 0 Å².